The number of oxazole rings is 1. The Morgan fingerprint density at radius 2 is 2.11 bits per heavy atom. The van der Waals surface area contributed by atoms with Gasteiger partial charge in [-0.15, -0.1) is 0 Å². The van der Waals surface area contributed by atoms with E-state index < -0.39 is 5.60 Å². The van der Waals surface area contributed by atoms with Crippen molar-refractivity contribution in [3.63, 3.8) is 0 Å². The van der Waals surface area contributed by atoms with Crippen molar-refractivity contribution in [2.24, 2.45) is 0 Å². The monoisotopic (exact) mass is 256 g/mol. The molecule has 0 spiro atoms. The van der Waals surface area contributed by atoms with Gasteiger partial charge in [0, 0.05) is 27.2 Å². The van der Waals surface area contributed by atoms with Gasteiger partial charge in [-0.05, 0) is 26.8 Å². The molecule has 0 atom stereocenters. The van der Waals surface area contributed by atoms with Gasteiger partial charge in [0.25, 0.3) is 0 Å². The molecule has 5 heteroatoms. The van der Waals surface area contributed by atoms with Crippen LogP contribution in [0.3, 0.4) is 0 Å². The van der Waals surface area contributed by atoms with Gasteiger partial charge in [-0.2, -0.15) is 0 Å². The lowest BCUT2D eigenvalue weighted by Crippen LogP contribution is -2.20. The third-order valence-corrected chi connectivity index (χ3v) is 2.88. The Kier molecular flexibility index (Phi) is 6.32. The summed E-state index contributed by atoms with van der Waals surface area (Å²) in [5, 5.41) is 3.29. The van der Waals surface area contributed by atoms with Gasteiger partial charge in [-0.3, -0.25) is 0 Å². The number of hydrogen-bond acceptors (Lipinski definition) is 5. The summed E-state index contributed by atoms with van der Waals surface area (Å²) in [6.07, 6.45) is 3.58. The van der Waals surface area contributed by atoms with E-state index in [-0.39, 0.29) is 0 Å². The highest BCUT2D eigenvalue weighted by atomic mass is 16.5. The van der Waals surface area contributed by atoms with Crippen LogP contribution in [0.4, 0.5) is 0 Å². The molecule has 1 rings (SSSR count). The minimum atomic E-state index is -0.415. The smallest absolute Gasteiger partial charge is 0.194 e. The highest BCUT2D eigenvalue weighted by Crippen LogP contribution is 2.24. The van der Waals surface area contributed by atoms with Crippen molar-refractivity contribution in [1.82, 2.24) is 10.3 Å². The molecule has 0 saturated heterocycles. The summed E-state index contributed by atoms with van der Waals surface area (Å²) in [7, 11) is 3.37. The number of methoxy groups -OCH3 is 2. The average molecular weight is 256 g/mol. The fourth-order valence-corrected chi connectivity index (χ4v) is 1.47. The number of ether oxygens (including phenoxy) is 2. The van der Waals surface area contributed by atoms with Crippen LogP contribution in [-0.4, -0.2) is 38.9 Å². The number of rotatable bonds is 9. The summed E-state index contributed by atoms with van der Waals surface area (Å²) in [5.41, 5.74) is -0.415. The quantitative estimate of drug-likeness (QED) is 0.682. The maximum Gasteiger partial charge on any atom is 0.194 e. The molecule has 1 heterocycles. The Morgan fingerprint density at radius 1 is 1.33 bits per heavy atom. The molecule has 1 aromatic rings. The van der Waals surface area contributed by atoms with Crippen LogP contribution in [0, 0.1) is 0 Å². The normalized spacial score (nSPS) is 12.0. The lowest BCUT2D eigenvalue weighted by molar-refractivity contribution is 0.0000945. The van der Waals surface area contributed by atoms with E-state index in [0.29, 0.717) is 0 Å². The van der Waals surface area contributed by atoms with Gasteiger partial charge in [0.1, 0.15) is 5.60 Å². The van der Waals surface area contributed by atoms with E-state index in [1.807, 2.05) is 13.8 Å². The summed E-state index contributed by atoms with van der Waals surface area (Å²) < 4.78 is 16.0. The molecule has 5 nitrogen and oxygen atoms in total. The maximum absolute atomic E-state index is 5.68. The van der Waals surface area contributed by atoms with Gasteiger partial charge in [-0.25, -0.2) is 4.98 Å². The van der Waals surface area contributed by atoms with Crippen LogP contribution >= 0.6 is 0 Å². The van der Waals surface area contributed by atoms with Crippen molar-refractivity contribution >= 4 is 0 Å². The maximum atomic E-state index is 5.68. The molecule has 0 aromatic carbocycles. The van der Waals surface area contributed by atoms with Crippen LogP contribution in [0.1, 0.15) is 31.9 Å². The van der Waals surface area contributed by atoms with Crippen LogP contribution in [-0.2, 0) is 21.5 Å². The second-order valence-corrected chi connectivity index (χ2v) is 4.68. The van der Waals surface area contributed by atoms with Crippen molar-refractivity contribution in [2.45, 2.75) is 32.3 Å². The zero-order valence-electron chi connectivity index (χ0n) is 11.8. The minimum Gasteiger partial charge on any atom is -0.443 e. The van der Waals surface area contributed by atoms with Crippen LogP contribution in [0.15, 0.2) is 10.6 Å². The Morgan fingerprint density at radius 3 is 2.78 bits per heavy atom. The standard InChI is InChI=1S/C13H24N2O3/c1-13(2,17-4)11-10-15-12(18-11)6-5-7-14-8-9-16-3/h10,14H,5-9H2,1-4H3. The van der Waals surface area contributed by atoms with Crippen molar-refractivity contribution < 1.29 is 13.9 Å². The molecule has 0 aliphatic rings. The largest absolute Gasteiger partial charge is 0.443 e. The van der Waals surface area contributed by atoms with Gasteiger partial charge < -0.3 is 19.2 Å². The van der Waals surface area contributed by atoms with E-state index in [4.69, 9.17) is 13.9 Å². The first-order chi connectivity index (χ1) is 8.60. The fraction of sp³-hybridized carbons (Fsp3) is 0.769. The first-order valence-electron chi connectivity index (χ1n) is 6.30. The molecule has 1 aromatic heterocycles. The van der Waals surface area contributed by atoms with Gasteiger partial charge >= 0.3 is 0 Å². The van der Waals surface area contributed by atoms with E-state index in [1.54, 1.807) is 20.4 Å². The first kappa shape index (κ1) is 15.1. The minimum absolute atomic E-state index is 0.415. The van der Waals surface area contributed by atoms with Crippen molar-refractivity contribution in [3.05, 3.63) is 17.8 Å². The molecule has 0 unspecified atom stereocenters. The van der Waals surface area contributed by atoms with E-state index in [0.717, 1.165) is 44.2 Å². The van der Waals surface area contributed by atoms with Gasteiger partial charge in [0.05, 0.1) is 12.8 Å². The zero-order valence-corrected chi connectivity index (χ0v) is 11.8. The number of aryl methyl sites for hydroxylation is 1. The Balaban J connectivity index is 2.27. The molecule has 0 aliphatic carbocycles. The van der Waals surface area contributed by atoms with Crippen LogP contribution in [0.2, 0.25) is 0 Å². The van der Waals surface area contributed by atoms with E-state index >= 15 is 0 Å². The van der Waals surface area contributed by atoms with E-state index in [2.05, 4.69) is 10.3 Å². The zero-order chi connectivity index (χ0) is 13.4. The SMILES string of the molecule is COCCNCCCc1ncc(C(C)(C)OC)o1. The van der Waals surface area contributed by atoms with Crippen LogP contribution in [0.5, 0.6) is 0 Å². The molecule has 104 valence electrons. The number of aromatic nitrogens is 1. The molecule has 0 aliphatic heterocycles. The molecule has 1 N–H and O–H groups in total. The highest BCUT2D eigenvalue weighted by molar-refractivity contribution is 5.03. The highest BCUT2D eigenvalue weighted by Gasteiger charge is 2.24. The number of nitrogens with zero attached hydrogens (tertiary/aromatic N) is 1. The van der Waals surface area contributed by atoms with Crippen molar-refractivity contribution in [2.75, 3.05) is 33.9 Å². The molecule has 0 saturated carbocycles. The Bertz CT molecular complexity index is 337. The average Bonchev–Trinajstić information content (AvgIpc) is 2.83. The Hall–Kier alpha value is -0.910. The summed E-state index contributed by atoms with van der Waals surface area (Å²) in [4.78, 5) is 4.27. The van der Waals surface area contributed by atoms with Gasteiger partial charge in [0.2, 0.25) is 0 Å². The van der Waals surface area contributed by atoms with Gasteiger partial charge in [-0.1, -0.05) is 0 Å². The second-order valence-electron chi connectivity index (χ2n) is 4.68. The molecule has 0 fully saturated rings. The Labute approximate surface area is 109 Å². The molecular weight excluding hydrogens is 232 g/mol. The van der Waals surface area contributed by atoms with E-state index in [1.165, 1.54) is 0 Å². The summed E-state index contributed by atoms with van der Waals surface area (Å²) in [5.74, 6) is 1.54. The third kappa shape index (κ3) is 4.76. The van der Waals surface area contributed by atoms with Crippen LogP contribution in [0.25, 0.3) is 0 Å². The summed E-state index contributed by atoms with van der Waals surface area (Å²) in [6.45, 7) is 6.48. The van der Waals surface area contributed by atoms with Gasteiger partial charge in [0.15, 0.2) is 11.7 Å². The van der Waals surface area contributed by atoms with E-state index in [9.17, 15) is 0 Å². The van der Waals surface area contributed by atoms with Crippen LogP contribution < -0.4 is 5.32 Å². The van der Waals surface area contributed by atoms with Crippen molar-refractivity contribution in [3.8, 4) is 0 Å². The van der Waals surface area contributed by atoms with Crippen molar-refractivity contribution in [1.29, 1.82) is 0 Å². The lowest BCUT2D eigenvalue weighted by Gasteiger charge is -2.18. The molecule has 18 heavy (non-hydrogen) atoms. The lowest BCUT2D eigenvalue weighted by atomic mass is 10.1. The predicted molar refractivity (Wildman–Crippen MR) is 69.6 cm³/mol. The summed E-state index contributed by atoms with van der Waals surface area (Å²) in [6, 6.07) is 0. The number of nitrogens with one attached hydrogen (secondary N) is 1. The predicted octanol–water partition coefficient (Wildman–Crippen LogP) is 1.72. The molecule has 0 bridgehead atoms. The molecule has 0 amide bonds. The number of hydrogen-bond donors (Lipinski definition) is 1. The summed E-state index contributed by atoms with van der Waals surface area (Å²) >= 11 is 0. The molecule has 0 radical (unpaired) electrons. The first-order valence-corrected chi connectivity index (χ1v) is 6.30. The molecular formula is C13H24N2O3. The third-order valence-electron chi connectivity index (χ3n) is 2.88. The second kappa shape index (κ2) is 7.51. The fourth-order valence-electron chi connectivity index (χ4n) is 1.47. The topological polar surface area (TPSA) is 56.5 Å².